The fraction of sp³-hybridized carbons (Fsp3) is 0.480. The van der Waals surface area contributed by atoms with Gasteiger partial charge in [0.1, 0.15) is 5.82 Å². The minimum absolute atomic E-state index is 0.162. The van der Waals surface area contributed by atoms with Gasteiger partial charge in [0.25, 0.3) is 5.91 Å². The molecule has 1 aliphatic carbocycles. The van der Waals surface area contributed by atoms with E-state index in [-0.39, 0.29) is 30.3 Å². The number of nitrogens with zero attached hydrogens (tertiary/aromatic N) is 3. The molecule has 2 aliphatic heterocycles. The molecule has 8 nitrogen and oxygen atoms in total. The molecule has 3 heterocycles. The Morgan fingerprint density at radius 3 is 2.73 bits per heavy atom. The Morgan fingerprint density at radius 2 is 1.94 bits per heavy atom. The number of β-amino-alcohol motifs (C(OH)–C–C–N with tert-alkyl or cyclic N) is 1. The highest BCUT2D eigenvalue weighted by molar-refractivity contribution is 5.94. The number of hydrogen-bond donors (Lipinski definition) is 3. The fourth-order valence-corrected chi connectivity index (χ4v) is 4.58. The average Bonchev–Trinajstić information content (AvgIpc) is 3.65. The van der Waals surface area contributed by atoms with E-state index in [1.807, 2.05) is 11.0 Å². The van der Waals surface area contributed by atoms with E-state index in [1.54, 1.807) is 18.3 Å². The van der Waals surface area contributed by atoms with E-state index in [1.165, 1.54) is 11.1 Å². The molecule has 3 N–H and O–H groups in total. The van der Waals surface area contributed by atoms with Crippen LogP contribution in [-0.4, -0.2) is 76.6 Å². The highest BCUT2D eigenvalue weighted by Crippen LogP contribution is 2.32. The van der Waals surface area contributed by atoms with Gasteiger partial charge in [0.2, 0.25) is 5.91 Å². The van der Waals surface area contributed by atoms with Gasteiger partial charge in [-0.25, -0.2) is 4.98 Å². The lowest BCUT2D eigenvalue weighted by molar-refractivity contribution is -0.136. The first-order valence-corrected chi connectivity index (χ1v) is 11.8. The van der Waals surface area contributed by atoms with Crippen LogP contribution in [0.1, 0.15) is 34.3 Å². The molecule has 0 radical (unpaired) electrons. The van der Waals surface area contributed by atoms with Crippen molar-refractivity contribution in [2.45, 2.75) is 38.0 Å². The van der Waals surface area contributed by atoms with Crippen LogP contribution in [0.15, 0.2) is 42.6 Å². The Labute approximate surface area is 194 Å². The molecule has 174 valence electrons. The Hall–Kier alpha value is -2.97. The van der Waals surface area contributed by atoms with Crippen LogP contribution < -0.4 is 10.6 Å². The van der Waals surface area contributed by atoms with Crippen LogP contribution in [0.3, 0.4) is 0 Å². The third-order valence-corrected chi connectivity index (χ3v) is 6.67. The summed E-state index contributed by atoms with van der Waals surface area (Å²) in [5, 5.41) is 16.6. The van der Waals surface area contributed by atoms with Gasteiger partial charge in [-0.05, 0) is 42.5 Å². The van der Waals surface area contributed by atoms with Gasteiger partial charge in [-0.15, -0.1) is 0 Å². The topological polar surface area (TPSA) is 97.8 Å². The van der Waals surface area contributed by atoms with E-state index in [0.29, 0.717) is 31.0 Å². The number of carbonyl (C=O) groups excluding carboxylic acids is 2. The molecule has 3 aliphatic rings. The molecule has 1 aromatic carbocycles. The summed E-state index contributed by atoms with van der Waals surface area (Å²) in [5.74, 6) is 0.903. The quantitative estimate of drug-likeness (QED) is 0.562. The van der Waals surface area contributed by atoms with Gasteiger partial charge in [0.15, 0.2) is 0 Å². The summed E-state index contributed by atoms with van der Waals surface area (Å²) in [6, 6.07) is 12.0. The molecular formula is C25H31N5O3. The van der Waals surface area contributed by atoms with Crippen LogP contribution in [0.5, 0.6) is 0 Å². The Kier molecular flexibility index (Phi) is 6.28. The average molecular weight is 450 g/mol. The SMILES string of the molecule is O=C(NC[C@H](O)CN1CCc2ccccc2C1)c1ccnc(NC2CN(C(=O)C3CC3)C2)c1. The number of nitrogens with one attached hydrogen (secondary N) is 2. The van der Waals surface area contributed by atoms with Crippen molar-refractivity contribution < 1.29 is 14.7 Å². The molecular weight excluding hydrogens is 418 g/mol. The Morgan fingerprint density at radius 1 is 1.15 bits per heavy atom. The molecule has 2 amide bonds. The molecule has 33 heavy (non-hydrogen) atoms. The largest absolute Gasteiger partial charge is 0.390 e. The molecule has 2 fully saturated rings. The number of aliphatic hydroxyl groups is 1. The third-order valence-electron chi connectivity index (χ3n) is 6.67. The molecule has 5 rings (SSSR count). The van der Waals surface area contributed by atoms with Crippen LogP contribution in [0.4, 0.5) is 5.82 Å². The molecule has 0 spiro atoms. The summed E-state index contributed by atoms with van der Waals surface area (Å²) in [5.41, 5.74) is 3.18. The molecule has 1 atom stereocenters. The Bertz CT molecular complexity index is 1020. The summed E-state index contributed by atoms with van der Waals surface area (Å²) >= 11 is 0. The van der Waals surface area contributed by atoms with Crippen LogP contribution in [0, 0.1) is 5.92 Å². The van der Waals surface area contributed by atoms with Crippen molar-refractivity contribution in [3.63, 3.8) is 0 Å². The molecule has 2 aromatic rings. The summed E-state index contributed by atoms with van der Waals surface area (Å²) in [4.78, 5) is 33.1. The maximum Gasteiger partial charge on any atom is 0.251 e. The molecule has 0 unspecified atom stereocenters. The van der Waals surface area contributed by atoms with Gasteiger partial charge in [0.05, 0.1) is 12.1 Å². The summed E-state index contributed by atoms with van der Waals surface area (Å²) in [6.07, 6.45) is 3.99. The van der Waals surface area contributed by atoms with Gasteiger partial charge < -0.3 is 20.6 Å². The zero-order valence-electron chi connectivity index (χ0n) is 18.7. The smallest absolute Gasteiger partial charge is 0.251 e. The molecule has 1 aromatic heterocycles. The second kappa shape index (κ2) is 9.49. The third kappa shape index (κ3) is 5.34. The maximum absolute atomic E-state index is 12.6. The van der Waals surface area contributed by atoms with Crippen molar-refractivity contribution in [1.29, 1.82) is 0 Å². The standard InChI is InChI=1S/C25H31N5O3/c31-22(16-29-10-8-17-3-1-2-4-20(17)13-29)12-27-24(32)19-7-9-26-23(11-19)28-21-14-30(15-21)25(33)18-5-6-18/h1-4,7,9,11,18,21-22,31H,5-6,8,10,12-16H2,(H,26,28)(H,27,32)/t22-/m0/s1. The number of likely N-dealkylation sites (tertiary alicyclic amines) is 1. The minimum atomic E-state index is -0.636. The fourth-order valence-electron chi connectivity index (χ4n) is 4.58. The normalized spacial score (nSPS) is 19.4. The van der Waals surface area contributed by atoms with E-state index >= 15 is 0 Å². The van der Waals surface area contributed by atoms with Crippen molar-refractivity contribution >= 4 is 17.6 Å². The number of benzene rings is 1. The molecule has 8 heteroatoms. The van der Waals surface area contributed by atoms with Crippen molar-refractivity contribution in [1.82, 2.24) is 20.1 Å². The summed E-state index contributed by atoms with van der Waals surface area (Å²) in [6.45, 7) is 3.82. The maximum atomic E-state index is 12.6. The Balaban J connectivity index is 1.06. The van der Waals surface area contributed by atoms with E-state index < -0.39 is 6.10 Å². The number of anilines is 1. The lowest BCUT2D eigenvalue weighted by Crippen LogP contribution is -2.57. The zero-order chi connectivity index (χ0) is 22.8. The van der Waals surface area contributed by atoms with Gasteiger partial charge in [0, 0.05) is 56.9 Å². The van der Waals surface area contributed by atoms with Gasteiger partial charge >= 0.3 is 0 Å². The number of aromatic nitrogens is 1. The van der Waals surface area contributed by atoms with Crippen LogP contribution in [0.2, 0.25) is 0 Å². The molecule has 0 bridgehead atoms. The lowest BCUT2D eigenvalue weighted by Gasteiger charge is -2.40. The number of carbonyl (C=O) groups is 2. The van der Waals surface area contributed by atoms with E-state index in [0.717, 1.165) is 32.4 Å². The van der Waals surface area contributed by atoms with E-state index in [9.17, 15) is 14.7 Å². The van der Waals surface area contributed by atoms with Crippen molar-refractivity contribution in [3.8, 4) is 0 Å². The predicted molar refractivity (Wildman–Crippen MR) is 125 cm³/mol. The highest BCUT2D eigenvalue weighted by Gasteiger charge is 2.39. The van der Waals surface area contributed by atoms with E-state index in [2.05, 4.69) is 38.7 Å². The van der Waals surface area contributed by atoms with Gasteiger partial charge in [-0.2, -0.15) is 0 Å². The molecule has 1 saturated heterocycles. The van der Waals surface area contributed by atoms with Crippen LogP contribution in [0.25, 0.3) is 0 Å². The van der Waals surface area contributed by atoms with Gasteiger partial charge in [-0.1, -0.05) is 24.3 Å². The van der Waals surface area contributed by atoms with Crippen molar-refractivity contribution in [3.05, 3.63) is 59.3 Å². The summed E-state index contributed by atoms with van der Waals surface area (Å²) < 4.78 is 0. The monoisotopic (exact) mass is 449 g/mol. The van der Waals surface area contributed by atoms with Crippen molar-refractivity contribution in [2.75, 3.05) is 38.0 Å². The van der Waals surface area contributed by atoms with E-state index in [4.69, 9.17) is 0 Å². The number of pyridine rings is 1. The minimum Gasteiger partial charge on any atom is -0.390 e. The number of amides is 2. The number of fused-ring (bicyclic) bond motifs is 1. The number of aliphatic hydroxyl groups excluding tert-OH is 1. The van der Waals surface area contributed by atoms with Gasteiger partial charge in [-0.3, -0.25) is 14.5 Å². The first kappa shape index (κ1) is 21.9. The zero-order valence-corrected chi connectivity index (χ0v) is 18.7. The molecule has 1 saturated carbocycles. The summed E-state index contributed by atoms with van der Waals surface area (Å²) in [7, 11) is 0. The van der Waals surface area contributed by atoms with Crippen LogP contribution in [-0.2, 0) is 17.8 Å². The number of hydrogen-bond acceptors (Lipinski definition) is 6. The van der Waals surface area contributed by atoms with Crippen molar-refractivity contribution in [2.24, 2.45) is 5.92 Å². The predicted octanol–water partition coefficient (Wildman–Crippen LogP) is 1.26. The second-order valence-electron chi connectivity index (χ2n) is 9.41. The first-order valence-electron chi connectivity index (χ1n) is 11.8. The highest BCUT2D eigenvalue weighted by atomic mass is 16.3. The van der Waals surface area contributed by atoms with Crippen LogP contribution >= 0.6 is 0 Å². The lowest BCUT2D eigenvalue weighted by atomic mass is 10.00. The second-order valence-corrected chi connectivity index (χ2v) is 9.41. The first-order chi connectivity index (χ1) is 16.0. The number of rotatable bonds is 8.